The van der Waals surface area contributed by atoms with Crippen LogP contribution < -0.4 is 10.6 Å². The van der Waals surface area contributed by atoms with Crippen LogP contribution in [0.15, 0.2) is 9.98 Å². The van der Waals surface area contributed by atoms with Crippen LogP contribution in [0.4, 0.5) is 0 Å². The first-order chi connectivity index (χ1) is 8.04. The third kappa shape index (κ3) is 4.51. The number of hydrogen-bond acceptors (Lipinski definition) is 4. The van der Waals surface area contributed by atoms with Crippen molar-refractivity contribution < 1.29 is 0 Å². The van der Waals surface area contributed by atoms with Crippen molar-refractivity contribution in [1.82, 2.24) is 10.6 Å². The van der Waals surface area contributed by atoms with Crippen LogP contribution in [0.2, 0.25) is 0 Å². The summed E-state index contributed by atoms with van der Waals surface area (Å²) < 4.78 is 0. The van der Waals surface area contributed by atoms with E-state index in [9.17, 15) is 0 Å². The highest BCUT2D eigenvalue weighted by molar-refractivity contribution is 5.82. The minimum Gasteiger partial charge on any atom is -0.367 e. The Kier molecular flexibility index (Phi) is 5.60. The summed E-state index contributed by atoms with van der Waals surface area (Å²) in [5, 5.41) is 6.59. The SMILES string of the molecule is C.CC1=NC(C)C(C)(C)N1.CC1=NC(C)C(C)(C)N1. The first-order valence-corrected chi connectivity index (χ1v) is 6.70. The van der Waals surface area contributed by atoms with Gasteiger partial charge in [-0.05, 0) is 55.4 Å². The van der Waals surface area contributed by atoms with Crippen molar-refractivity contribution in [2.24, 2.45) is 9.98 Å². The number of nitrogens with zero attached hydrogens (tertiary/aromatic N) is 2. The van der Waals surface area contributed by atoms with E-state index in [0.29, 0.717) is 12.1 Å². The van der Waals surface area contributed by atoms with E-state index in [1.165, 1.54) is 0 Å². The van der Waals surface area contributed by atoms with Gasteiger partial charge in [0, 0.05) is 0 Å². The fourth-order valence-corrected chi connectivity index (χ4v) is 2.11. The third-order valence-electron chi connectivity index (χ3n) is 3.87. The molecule has 2 aliphatic heterocycles. The Balaban J connectivity index is 0.000000324. The van der Waals surface area contributed by atoms with E-state index in [0.717, 1.165) is 11.7 Å². The minimum atomic E-state index is 0. The maximum Gasteiger partial charge on any atom is 0.0940 e. The lowest BCUT2D eigenvalue weighted by Gasteiger charge is -2.22. The fraction of sp³-hybridized carbons (Fsp3) is 0.867. The number of aliphatic imine (C=N–C) groups is 2. The van der Waals surface area contributed by atoms with Gasteiger partial charge in [0.1, 0.15) is 0 Å². The Bertz CT molecular complexity index is 330. The summed E-state index contributed by atoms with van der Waals surface area (Å²) in [6.45, 7) is 16.9. The molecule has 0 amide bonds. The summed E-state index contributed by atoms with van der Waals surface area (Å²) in [5.74, 6) is 2.13. The molecule has 2 rings (SSSR count). The molecule has 0 spiro atoms. The molecule has 0 bridgehead atoms. The number of hydrogen-bond donors (Lipinski definition) is 2. The van der Waals surface area contributed by atoms with Gasteiger partial charge in [-0.1, -0.05) is 7.43 Å². The molecule has 0 saturated carbocycles. The molecule has 112 valence electrons. The lowest BCUT2D eigenvalue weighted by molar-refractivity contribution is 0.421. The monoisotopic (exact) mass is 268 g/mol. The molecule has 2 aliphatic rings. The molecule has 0 radical (unpaired) electrons. The normalized spacial score (nSPS) is 29.9. The summed E-state index contributed by atoms with van der Waals surface area (Å²) >= 11 is 0. The van der Waals surface area contributed by atoms with E-state index >= 15 is 0 Å². The molecular weight excluding hydrogens is 236 g/mol. The Hall–Kier alpha value is -1.06. The lowest BCUT2D eigenvalue weighted by atomic mass is 9.99. The van der Waals surface area contributed by atoms with Gasteiger partial charge in [0.15, 0.2) is 0 Å². The number of rotatable bonds is 0. The van der Waals surface area contributed by atoms with E-state index in [-0.39, 0.29) is 18.5 Å². The zero-order valence-corrected chi connectivity index (χ0v) is 13.0. The van der Waals surface area contributed by atoms with Crippen LogP contribution in [0.3, 0.4) is 0 Å². The van der Waals surface area contributed by atoms with Gasteiger partial charge in [0.25, 0.3) is 0 Å². The van der Waals surface area contributed by atoms with Crippen LogP contribution in [0.1, 0.15) is 62.8 Å². The second-order valence-corrected chi connectivity index (χ2v) is 6.47. The molecule has 0 aromatic rings. The lowest BCUT2D eigenvalue weighted by Crippen LogP contribution is -2.42. The van der Waals surface area contributed by atoms with Gasteiger partial charge >= 0.3 is 0 Å². The summed E-state index contributed by atoms with van der Waals surface area (Å²) in [5.41, 5.74) is 0.341. The maximum atomic E-state index is 4.35. The van der Waals surface area contributed by atoms with Crippen molar-refractivity contribution in [2.75, 3.05) is 0 Å². The molecule has 2 atom stereocenters. The fourth-order valence-electron chi connectivity index (χ4n) is 2.11. The molecule has 2 unspecified atom stereocenters. The third-order valence-corrected chi connectivity index (χ3v) is 3.87. The Morgan fingerprint density at radius 1 is 0.789 bits per heavy atom. The summed E-state index contributed by atoms with van der Waals surface area (Å²) in [6, 6.07) is 0.829. The Morgan fingerprint density at radius 3 is 1.11 bits per heavy atom. The van der Waals surface area contributed by atoms with Crippen molar-refractivity contribution in [3.63, 3.8) is 0 Å². The quantitative estimate of drug-likeness (QED) is 0.709. The standard InChI is InChI=1S/2C7H14N2.CH4/c2*1-5-7(3,4)9-6(2)8-5;/h2*5H,1-4H3,(H,8,9);1H4. The first kappa shape index (κ1) is 17.9. The van der Waals surface area contributed by atoms with Crippen LogP contribution in [0, 0.1) is 0 Å². The second-order valence-electron chi connectivity index (χ2n) is 6.47. The smallest absolute Gasteiger partial charge is 0.0940 e. The molecule has 4 nitrogen and oxygen atoms in total. The molecule has 0 aromatic carbocycles. The van der Waals surface area contributed by atoms with Crippen molar-refractivity contribution in [2.45, 2.75) is 86.0 Å². The largest absolute Gasteiger partial charge is 0.367 e. The summed E-state index contributed by atoms with van der Waals surface area (Å²) in [6.07, 6.45) is 0. The number of amidine groups is 2. The van der Waals surface area contributed by atoms with Gasteiger partial charge < -0.3 is 10.6 Å². The van der Waals surface area contributed by atoms with E-state index in [1.807, 2.05) is 13.8 Å². The molecular formula is C15H32N4. The van der Waals surface area contributed by atoms with Crippen LogP contribution >= 0.6 is 0 Å². The van der Waals surface area contributed by atoms with Crippen molar-refractivity contribution in [1.29, 1.82) is 0 Å². The van der Waals surface area contributed by atoms with Crippen molar-refractivity contribution in [3.05, 3.63) is 0 Å². The van der Waals surface area contributed by atoms with Crippen LogP contribution in [0.25, 0.3) is 0 Å². The topological polar surface area (TPSA) is 48.8 Å². The first-order valence-electron chi connectivity index (χ1n) is 6.70. The second kappa shape index (κ2) is 5.93. The average molecular weight is 268 g/mol. The summed E-state index contributed by atoms with van der Waals surface area (Å²) in [4.78, 5) is 8.69. The van der Waals surface area contributed by atoms with Crippen LogP contribution in [-0.4, -0.2) is 34.8 Å². The van der Waals surface area contributed by atoms with Gasteiger partial charge in [-0.2, -0.15) is 0 Å². The Morgan fingerprint density at radius 2 is 1.05 bits per heavy atom. The molecule has 2 heterocycles. The minimum absolute atomic E-state index is 0. The predicted octanol–water partition coefficient (Wildman–Crippen LogP) is 2.99. The van der Waals surface area contributed by atoms with E-state index in [4.69, 9.17) is 0 Å². The molecule has 0 saturated heterocycles. The highest BCUT2D eigenvalue weighted by Gasteiger charge is 2.30. The van der Waals surface area contributed by atoms with Gasteiger partial charge in [0.05, 0.1) is 34.8 Å². The van der Waals surface area contributed by atoms with Crippen molar-refractivity contribution in [3.8, 4) is 0 Å². The highest BCUT2D eigenvalue weighted by Crippen LogP contribution is 2.17. The zero-order chi connectivity index (χ0) is 14.1. The Labute approximate surface area is 119 Å². The molecule has 19 heavy (non-hydrogen) atoms. The molecule has 4 heteroatoms. The maximum absolute atomic E-state index is 4.35. The summed E-state index contributed by atoms with van der Waals surface area (Å²) in [7, 11) is 0. The molecule has 0 aromatic heterocycles. The van der Waals surface area contributed by atoms with Gasteiger partial charge in [-0.15, -0.1) is 0 Å². The van der Waals surface area contributed by atoms with Crippen LogP contribution in [0.5, 0.6) is 0 Å². The molecule has 0 aliphatic carbocycles. The van der Waals surface area contributed by atoms with E-state index in [2.05, 4.69) is 62.2 Å². The zero-order valence-electron chi connectivity index (χ0n) is 13.0. The van der Waals surface area contributed by atoms with E-state index in [1.54, 1.807) is 0 Å². The van der Waals surface area contributed by atoms with E-state index < -0.39 is 0 Å². The predicted molar refractivity (Wildman–Crippen MR) is 86.3 cm³/mol. The van der Waals surface area contributed by atoms with Crippen LogP contribution in [-0.2, 0) is 0 Å². The average Bonchev–Trinajstić information content (AvgIpc) is 2.50. The highest BCUT2D eigenvalue weighted by atomic mass is 15.2. The molecule has 2 N–H and O–H groups in total. The van der Waals surface area contributed by atoms with Gasteiger partial charge in [0.2, 0.25) is 0 Å². The number of nitrogens with one attached hydrogen (secondary N) is 2. The van der Waals surface area contributed by atoms with Gasteiger partial charge in [-0.3, -0.25) is 9.98 Å². The molecule has 0 fully saturated rings. The van der Waals surface area contributed by atoms with Crippen molar-refractivity contribution >= 4 is 11.7 Å². The van der Waals surface area contributed by atoms with Gasteiger partial charge in [-0.25, -0.2) is 0 Å².